The molecule has 0 spiro atoms. The number of ketones is 1. The minimum Gasteiger partial charge on any atom is -0.330 e. The molecule has 4 heterocycles. The number of piperazine rings is 1. The van der Waals surface area contributed by atoms with Gasteiger partial charge in [-0.2, -0.15) is 0 Å². The number of halogens is 1. The number of fused-ring (bicyclic) bond motifs is 1. The van der Waals surface area contributed by atoms with Crippen molar-refractivity contribution in [1.82, 2.24) is 19.6 Å². The maximum absolute atomic E-state index is 13.9. The summed E-state index contributed by atoms with van der Waals surface area (Å²) in [6.45, 7) is 17.9. The van der Waals surface area contributed by atoms with Gasteiger partial charge in [-0.15, -0.1) is 0 Å². The summed E-state index contributed by atoms with van der Waals surface area (Å²) in [4.78, 5) is 31.3. The molecule has 4 fully saturated rings. The van der Waals surface area contributed by atoms with E-state index in [9.17, 15) is 30.8 Å². The van der Waals surface area contributed by atoms with Gasteiger partial charge in [0.25, 0.3) is 0 Å². The van der Waals surface area contributed by atoms with Crippen LogP contribution in [0.3, 0.4) is 0 Å². The molecule has 240 valence electrons. The topological polar surface area (TPSA) is 115 Å². The third-order valence-electron chi connectivity index (χ3n) is 8.91. The zero-order valence-corrected chi connectivity index (χ0v) is 27.9. The summed E-state index contributed by atoms with van der Waals surface area (Å²) in [6, 6.07) is 1.21. The van der Waals surface area contributed by atoms with Gasteiger partial charge in [-0.3, -0.25) is 14.5 Å². The van der Waals surface area contributed by atoms with E-state index in [0.717, 1.165) is 45.3 Å². The highest BCUT2D eigenvalue weighted by Crippen LogP contribution is 2.32. The van der Waals surface area contributed by atoms with Crippen molar-refractivity contribution in [1.29, 1.82) is 0 Å². The lowest BCUT2D eigenvalue weighted by Gasteiger charge is -2.38. The number of amides is 1. The highest BCUT2D eigenvalue weighted by atomic mass is 32.2. The average Bonchev–Trinajstić information content (AvgIpc) is 3.16. The number of nitrogens with zero attached hydrogens (tertiary/aromatic N) is 4. The minimum absolute atomic E-state index is 0.0170. The van der Waals surface area contributed by atoms with E-state index in [2.05, 4.69) is 42.4 Å². The van der Waals surface area contributed by atoms with Gasteiger partial charge in [0.2, 0.25) is 10.9 Å². The number of hydrogen-bond donors (Lipinski definition) is 0. The molecule has 1 amide bonds. The molecule has 0 aromatic carbocycles. The Kier molecular flexibility index (Phi) is 12.8. The molecule has 0 N–H and O–H groups in total. The summed E-state index contributed by atoms with van der Waals surface area (Å²) in [5.74, 6) is 0.115. The largest absolute Gasteiger partial charge is 0.330 e. The molecule has 1 atom stereocenters. The number of Topliss-reactive ketones (excluding diaryl/α,β-unsaturated/α-hetero) is 1. The van der Waals surface area contributed by atoms with Crippen LogP contribution in [-0.2, 0) is 29.3 Å². The van der Waals surface area contributed by atoms with E-state index in [1.165, 1.54) is 6.26 Å². The maximum Gasteiger partial charge on any atom is 0.230 e. The Morgan fingerprint density at radius 3 is 1.61 bits per heavy atom. The summed E-state index contributed by atoms with van der Waals surface area (Å²) < 4.78 is 58.8. The van der Waals surface area contributed by atoms with Crippen LogP contribution >= 0.6 is 0 Å². The summed E-state index contributed by atoms with van der Waals surface area (Å²) in [5.41, 5.74) is 0. The second kappa shape index (κ2) is 14.5. The predicted molar refractivity (Wildman–Crippen MR) is 161 cm³/mol. The standard InChI is InChI=1S/C10H16N2O2.C9H18FNO2S.C9H19NO2S/c1-7(2)11-3-4-12-8(6-11)9(13)5-10(12)14;1-8(2)11-6-4-9(10,5-7-11)14(3,12)13;1-8(2)10-6-4-9(5-7-10)13(3,11)12/h7-8H,3-6H2,1-2H3;8H,4-7H2,1-3H3;8-9H,4-7H2,1-3H3. The van der Waals surface area contributed by atoms with Crippen LogP contribution in [0.5, 0.6) is 0 Å². The first-order chi connectivity index (χ1) is 18.8. The van der Waals surface area contributed by atoms with Gasteiger partial charge in [0.05, 0.1) is 11.7 Å². The third-order valence-corrected chi connectivity index (χ3v) is 12.3. The number of hydrogen-bond acceptors (Lipinski definition) is 9. The Morgan fingerprint density at radius 1 is 0.732 bits per heavy atom. The van der Waals surface area contributed by atoms with Crippen molar-refractivity contribution in [3.8, 4) is 0 Å². The van der Waals surface area contributed by atoms with Crippen molar-refractivity contribution < 1.29 is 30.8 Å². The lowest BCUT2D eigenvalue weighted by Crippen LogP contribution is -2.54. The SMILES string of the molecule is CC(C)N1CCC(F)(S(C)(=O)=O)CC1.CC(C)N1CCC(S(C)(=O)=O)CC1.CC(C)N1CCN2C(=O)CC(=O)C2C1. The summed E-state index contributed by atoms with van der Waals surface area (Å²) in [7, 11) is -6.37. The molecule has 0 radical (unpaired) electrons. The number of sulfone groups is 2. The van der Waals surface area contributed by atoms with Gasteiger partial charge in [0.15, 0.2) is 15.6 Å². The molecule has 10 nitrogen and oxygen atoms in total. The Morgan fingerprint density at radius 2 is 1.20 bits per heavy atom. The van der Waals surface area contributed by atoms with Gasteiger partial charge in [-0.1, -0.05) is 0 Å². The number of alkyl halides is 1. The van der Waals surface area contributed by atoms with E-state index in [1.54, 1.807) is 4.90 Å². The van der Waals surface area contributed by atoms with Crippen molar-refractivity contribution in [2.45, 2.75) is 108 Å². The van der Waals surface area contributed by atoms with Crippen LogP contribution in [0.1, 0.15) is 73.6 Å². The Bertz CT molecular complexity index is 1100. The molecule has 0 aliphatic carbocycles. The quantitative estimate of drug-likeness (QED) is 0.424. The molecule has 0 aromatic heterocycles. The molecular formula is C28H53FN4O6S2. The first kappa shape index (κ1) is 36.0. The molecule has 0 bridgehead atoms. The average molecular weight is 625 g/mol. The van der Waals surface area contributed by atoms with Crippen molar-refractivity contribution in [2.24, 2.45) is 0 Å². The minimum atomic E-state index is -3.57. The lowest BCUT2D eigenvalue weighted by molar-refractivity contribution is -0.131. The molecule has 4 aliphatic heterocycles. The van der Waals surface area contributed by atoms with Crippen LogP contribution in [-0.4, -0.2) is 141 Å². The van der Waals surface area contributed by atoms with E-state index in [-0.39, 0.29) is 42.2 Å². The molecule has 4 aliphatic rings. The number of piperidine rings is 2. The van der Waals surface area contributed by atoms with Crippen LogP contribution in [0.15, 0.2) is 0 Å². The number of carbonyl (C=O) groups excluding carboxylic acids is 2. The molecule has 13 heteroatoms. The molecule has 4 rings (SSSR count). The first-order valence-corrected chi connectivity index (χ1v) is 18.7. The van der Waals surface area contributed by atoms with Crippen molar-refractivity contribution >= 4 is 31.4 Å². The highest BCUT2D eigenvalue weighted by molar-refractivity contribution is 7.92. The van der Waals surface area contributed by atoms with E-state index in [1.807, 2.05) is 13.8 Å². The van der Waals surface area contributed by atoms with Crippen LogP contribution in [0.4, 0.5) is 4.39 Å². The fraction of sp³-hybridized carbons (Fsp3) is 0.929. The predicted octanol–water partition coefficient (Wildman–Crippen LogP) is 1.99. The normalized spacial score (nSPS) is 25.2. The fourth-order valence-electron chi connectivity index (χ4n) is 5.78. The summed E-state index contributed by atoms with van der Waals surface area (Å²) in [6.07, 6.45) is 4.26. The number of carbonyl (C=O) groups is 2. The van der Waals surface area contributed by atoms with Gasteiger partial charge >= 0.3 is 0 Å². The molecule has 1 unspecified atom stereocenters. The second-order valence-corrected chi connectivity index (χ2v) is 17.4. The van der Waals surface area contributed by atoms with Crippen LogP contribution in [0.2, 0.25) is 0 Å². The molecule has 0 saturated carbocycles. The summed E-state index contributed by atoms with van der Waals surface area (Å²) in [5, 5.41) is -2.08. The van der Waals surface area contributed by atoms with Crippen molar-refractivity contribution in [2.75, 3.05) is 58.3 Å². The summed E-state index contributed by atoms with van der Waals surface area (Å²) >= 11 is 0. The van der Waals surface area contributed by atoms with Crippen molar-refractivity contribution in [3.63, 3.8) is 0 Å². The van der Waals surface area contributed by atoms with Gasteiger partial charge < -0.3 is 14.7 Å². The van der Waals surface area contributed by atoms with Crippen molar-refractivity contribution in [3.05, 3.63) is 0 Å². The fourth-order valence-corrected chi connectivity index (χ4v) is 7.77. The maximum atomic E-state index is 13.9. The van der Waals surface area contributed by atoms with E-state index in [4.69, 9.17) is 0 Å². The van der Waals surface area contributed by atoms with E-state index < -0.39 is 24.7 Å². The lowest BCUT2D eigenvalue weighted by atomic mass is 10.1. The zero-order chi connectivity index (χ0) is 31.3. The number of rotatable bonds is 5. The Hall–Kier alpha value is -1.15. The molecular weight excluding hydrogens is 571 g/mol. The smallest absolute Gasteiger partial charge is 0.230 e. The molecule has 0 aromatic rings. The van der Waals surface area contributed by atoms with E-state index in [0.29, 0.717) is 37.8 Å². The zero-order valence-electron chi connectivity index (χ0n) is 26.3. The van der Waals surface area contributed by atoms with Crippen LogP contribution < -0.4 is 0 Å². The van der Waals surface area contributed by atoms with Crippen LogP contribution in [0.25, 0.3) is 0 Å². The monoisotopic (exact) mass is 624 g/mol. The Labute approximate surface area is 247 Å². The van der Waals surface area contributed by atoms with Gasteiger partial charge in [0.1, 0.15) is 15.9 Å². The van der Waals surface area contributed by atoms with Crippen LogP contribution in [0, 0.1) is 0 Å². The molecule has 41 heavy (non-hydrogen) atoms. The Balaban J connectivity index is 0.000000215. The van der Waals surface area contributed by atoms with Gasteiger partial charge in [-0.05, 0) is 67.5 Å². The van der Waals surface area contributed by atoms with Gasteiger partial charge in [-0.25, -0.2) is 21.2 Å². The van der Waals surface area contributed by atoms with Gasteiger partial charge in [0, 0.05) is 76.2 Å². The van der Waals surface area contributed by atoms with E-state index >= 15 is 0 Å². The molecule has 4 saturated heterocycles. The first-order valence-electron chi connectivity index (χ1n) is 14.9. The third kappa shape index (κ3) is 9.94. The number of likely N-dealkylation sites (tertiary alicyclic amines) is 2. The highest BCUT2D eigenvalue weighted by Gasteiger charge is 2.44. The second-order valence-electron chi connectivity index (χ2n) is 12.8.